The first-order valence-corrected chi connectivity index (χ1v) is 7.55. The van der Waals surface area contributed by atoms with E-state index in [1.807, 2.05) is 31.0 Å². The van der Waals surface area contributed by atoms with E-state index in [1.165, 1.54) is 12.1 Å². The van der Waals surface area contributed by atoms with E-state index in [1.54, 1.807) is 0 Å². The first-order chi connectivity index (χ1) is 11.8. The second-order valence-corrected chi connectivity index (χ2v) is 5.77. The molecule has 0 aliphatic carbocycles. The van der Waals surface area contributed by atoms with Crippen molar-refractivity contribution in [2.45, 2.75) is 26.2 Å². The Kier molecular flexibility index (Phi) is 4.63. The highest BCUT2D eigenvalue weighted by atomic mass is 19.4. The number of hydrogen-bond donors (Lipinski definition) is 0. The molecule has 0 amide bonds. The zero-order valence-corrected chi connectivity index (χ0v) is 13.7. The average Bonchev–Trinajstić information content (AvgIpc) is 3.16. The lowest BCUT2D eigenvalue weighted by molar-refractivity contribution is -0.137. The van der Waals surface area contributed by atoms with Crippen LogP contribution in [0.2, 0.25) is 0 Å². The second-order valence-electron chi connectivity index (χ2n) is 5.77. The normalized spacial score (nSPS) is 12.1. The minimum atomic E-state index is -4.41. The number of furan rings is 1. The molecule has 0 N–H and O–H groups in total. The van der Waals surface area contributed by atoms with Gasteiger partial charge >= 0.3 is 6.18 Å². The molecule has 3 rings (SSSR count). The number of aromatic nitrogens is 2. The van der Waals surface area contributed by atoms with Crippen molar-refractivity contribution >= 4 is 0 Å². The zero-order chi connectivity index (χ0) is 18.0. The van der Waals surface area contributed by atoms with Crippen LogP contribution < -0.4 is 0 Å². The number of hydrogen-bond acceptors (Lipinski definition) is 5. The summed E-state index contributed by atoms with van der Waals surface area (Å²) < 4.78 is 49.0. The molecule has 132 valence electrons. The SMILES string of the molecule is Cc1ccc(CN(C)Cc2nc(-c3cccc(C(F)(F)F)c3)no2)o1. The van der Waals surface area contributed by atoms with Crippen LogP contribution in [-0.2, 0) is 19.3 Å². The van der Waals surface area contributed by atoms with Crippen molar-refractivity contribution < 1.29 is 22.1 Å². The fourth-order valence-electron chi connectivity index (χ4n) is 2.39. The lowest BCUT2D eigenvalue weighted by atomic mass is 10.1. The summed E-state index contributed by atoms with van der Waals surface area (Å²) in [5.74, 6) is 2.08. The zero-order valence-electron chi connectivity index (χ0n) is 13.7. The van der Waals surface area contributed by atoms with E-state index in [0.717, 1.165) is 23.7 Å². The number of aryl methyl sites for hydroxylation is 1. The smallest absolute Gasteiger partial charge is 0.416 e. The predicted octanol–water partition coefficient (Wildman–Crippen LogP) is 4.29. The molecule has 0 atom stereocenters. The van der Waals surface area contributed by atoms with Crippen LogP contribution in [0.4, 0.5) is 13.2 Å². The van der Waals surface area contributed by atoms with Crippen LogP contribution in [-0.4, -0.2) is 22.1 Å². The fraction of sp³-hybridized carbons (Fsp3) is 0.294. The van der Waals surface area contributed by atoms with E-state index in [9.17, 15) is 13.2 Å². The van der Waals surface area contributed by atoms with Crippen molar-refractivity contribution in [3.05, 3.63) is 59.4 Å². The second kappa shape index (κ2) is 6.72. The first kappa shape index (κ1) is 17.2. The summed E-state index contributed by atoms with van der Waals surface area (Å²) in [4.78, 5) is 6.08. The Morgan fingerprint density at radius 1 is 1.12 bits per heavy atom. The lowest BCUT2D eigenvalue weighted by Crippen LogP contribution is -2.17. The molecule has 0 aliphatic heterocycles. The van der Waals surface area contributed by atoms with Gasteiger partial charge in [-0.1, -0.05) is 17.3 Å². The molecule has 1 aromatic carbocycles. The molecule has 3 aromatic rings. The molecule has 8 heteroatoms. The molecule has 0 spiro atoms. The van der Waals surface area contributed by atoms with Crippen molar-refractivity contribution in [2.24, 2.45) is 0 Å². The van der Waals surface area contributed by atoms with E-state index in [0.29, 0.717) is 19.0 Å². The molecule has 0 radical (unpaired) electrons. The van der Waals surface area contributed by atoms with E-state index in [2.05, 4.69) is 10.1 Å². The van der Waals surface area contributed by atoms with Crippen molar-refractivity contribution in [2.75, 3.05) is 7.05 Å². The molecule has 25 heavy (non-hydrogen) atoms. The van der Waals surface area contributed by atoms with Gasteiger partial charge in [0.1, 0.15) is 11.5 Å². The lowest BCUT2D eigenvalue weighted by Gasteiger charge is -2.11. The Balaban J connectivity index is 1.70. The van der Waals surface area contributed by atoms with Crippen LogP contribution in [0.1, 0.15) is 23.0 Å². The van der Waals surface area contributed by atoms with Crippen LogP contribution in [0.25, 0.3) is 11.4 Å². The molecule has 0 bridgehead atoms. The maximum absolute atomic E-state index is 12.8. The van der Waals surface area contributed by atoms with Gasteiger partial charge in [0.15, 0.2) is 0 Å². The summed E-state index contributed by atoms with van der Waals surface area (Å²) in [6, 6.07) is 8.60. The van der Waals surface area contributed by atoms with Crippen molar-refractivity contribution in [1.29, 1.82) is 0 Å². The van der Waals surface area contributed by atoms with Gasteiger partial charge in [0, 0.05) is 5.56 Å². The first-order valence-electron chi connectivity index (χ1n) is 7.55. The summed E-state index contributed by atoms with van der Waals surface area (Å²) in [5, 5.41) is 3.77. The van der Waals surface area contributed by atoms with Crippen molar-refractivity contribution in [3.8, 4) is 11.4 Å². The van der Waals surface area contributed by atoms with Gasteiger partial charge in [-0.3, -0.25) is 4.90 Å². The topological polar surface area (TPSA) is 55.3 Å². The number of benzene rings is 1. The molecule has 0 saturated carbocycles. The van der Waals surface area contributed by atoms with Crippen molar-refractivity contribution in [3.63, 3.8) is 0 Å². The summed E-state index contributed by atoms with van der Waals surface area (Å²) in [6.45, 7) is 2.77. The predicted molar refractivity (Wildman–Crippen MR) is 83.4 cm³/mol. The van der Waals surface area contributed by atoms with E-state index in [-0.39, 0.29) is 11.4 Å². The molecule has 2 aromatic heterocycles. The van der Waals surface area contributed by atoms with Gasteiger partial charge in [0.2, 0.25) is 11.7 Å². The van der Waals surface area contributed by atoms with E-state index < -0.39 is 11.7 Å². The summed E-state index contributed by atoms with van der Waals surface area (Å²) >= 11 is 0. The van der Waals surface area contributed by atoms with Gasteiger partial charge in [-0.2, -0.15) is 18.2 Å². The summed E-state index contributed by atoms with van der Waals surface area (Å²) in [5.41, 5.74) is -0.490. The van der Waals surface area contributed by atoms with Gasteiger partial charge < -0.3 is 8.94 Å². The third-order valence-corrected chi connectivity index (χ3v) is 3.54. The summed E-state index contributed by atoms with van der Waals surface area (Å²) in [6.07, 6.45) is -4.41. The Bertz CT molecular complexity index is 855. The van der Waals surface area contributed by atoms with Gasteiger partial charge in [-0.15, -0.1) is 0 Å². The van der Waals surface area contributed by atoms with E-state index in [4.69, 9.17) is 8.94 Å². The van der Waals surface area contributed by atoms with Gasteiger partial charge in [-0.05, 0) is 38.2 Å². The highest BCUT2D eigenvalue weighted by molar-refractivity contribution is 5.55. The van der Waals surface area contributed by atoms with Crippen LogP contribution >= 0.6 is 0 Å². The third-order valence-electron chi connectivity index (χ3n) is 3.54. The average molecular weight is 351 g/mol. The van der Waals surface area contributed by atoms with Crippen LogP contribution in [0.15, 0.2) is 45.3 Å². The van der Waals surface area contributed by atoms with Gasteiger partial charge in [-0.25, -0.2) is 0 Å². The molecular formula is C17H16F3N3O2. The third kappa shape index (κ3) is 4.27. The highest BCUT2D eigenvalue weighted by Gasteiger charge is 2.30. The monoisotopic (exact) mass is 351 g/mol. The summed E-state index contributed by atoms with van der Waals surface area (Å²) in [7, 11) is 1.85. The Hall–Kier alpha value is -2.61. The maximum atomic E-state index is 12.8. The Morgan fingerprint density at radius 3 is 2.60 bits per heavy atom. The molecule has 0 fully saturated rings. The molecule has 5 nitrogen and oxygen atoms in total. The Labute approximate surface area is 142 Å². The molecular weight excluding hydrogens is 335 g/mol. The molecule has 0 unspecified atom stereocenters. The largest absolute Gasteiger partial charge is 0.465 e. The number of alkyl halides is 3. The fourth-order valence-corrected chi connectivity index (χ4v) is 2.39. The molecule has 0 aliphatic rings. The van der Waals surface area contributed by atoms with E-state index >= 15 is 0 Å². The highest BCUT2D eigenvalue weighted by Crippen LogP contribution is 2.31. The quantitative estimate of drug-likeness (QED) is 0.686. The van der Waals surface area contributed by atoms with Crippen LogP contribution in [0, 0.1) is 6.92 Å². The maximum Gasteiger partial charge on any atom is 0.416 e. The van der Waals surface area contributed by atoms with Crippen LogP contribution in [0.5, 0.6) is 0 Å². The number of nitrogens with zero attached hydrogens (tertiary/aromatic N) is 3. The standard InChI is InChI=1S/C17H16F3N3O2/c1-11-6-7-14(24-11)9-23(2)10-15-21-16(22-25-15)12-4-3-5-13(8-12)17(18,19)20/h3-8H,9-10H2,1-2H3. The minimum Gasteiger partial charge on any atom is -0.465 e. The molecule has 2 heterocycles. The Morgan fingerprint density at radius 2 is 1.92 bits per heavy atom. The van der Waals surface area contributed by atoms with Crippen LogP contribution in [0.3, 0.4) is 0 Å². The van der Waals surface area contributed by atoms with Gasteiger partial charge in [0.25, 0.3) is 0 Å². The number of rotatable bonds is 5. The molecule has 0 saturated heterocycles. The van der Waals surface area contributed by atoms with Gasteiger partial charge in [0.05, 0.1) is 18.7 Å². The minimum absolute atomic E-state index is 0.128. The van der Waals surface area contributed by atoms with Crippen molar-refractivity contribution in [1.82, 2.24) is 15.0 Å². The number of halogens is 3.